The highest BCUT2D eigenvalue weighted by Crippen LogP contribution is 2.42. The summed E-state index contributed by atoms with van der Waals surface area (Å²) >= 11 is 0. The van der Waals surface area contributed by atoms with Gasteiger partial charge in [-0.3, -0.25) is 0 Å². The topological polar surface area (TPSA) is 0 Å². The molecule has 1 saturated carbocycles. The molecule has 1 fully saturated rings. The first kappa shape index (κ1) is 17.8. The summed E-state index contributed by atoms with van der Waals surface area (Å²) in [4.78, 5) is 0. The second kappa shape index (κ2) is 8.88. The minimum atomic E-state index is 0.968. The number of aryl methyl sites for hydroxylation is 1. The second-order valence-electron chi connectivity index (χ2n) is 8.28. The Hall–Kier alpha value is -1.04. The van der Waals surface area contributed by atoms with Gasteiger partial charge in [0.15, 0.2) is 0 Å². The van der Waals surface area contributed by atoms with Gasteiger partial charge in [0.2, 0.25) is 0 Å². The summed E-state index contributed by atoms with van der Waals surface area (Å²) in [6.45, 7) is 4.60. The van der Waals surface area contributed by atoms with Crippen molar-refractivity contribution in [2.24, 2.45) is 17.8 Å². The molecule has 1 unspecified atom stereocenters. The van der Waals surface area contributed by atoms with E-state index in [2.05, 4.69) is 44.2 Å². The summed E-state index contributed by atoms with van der Waals surface area (Å²) in [6, 6.07) is 9.38. The van der Waals surface area contributed by atoms with E-state index in [1.807, 2.05) is 0 Å². The molecule has 2 aliphatic rings. The molecule has 1 aromatic rings. The maximum atomic E-state index is 2.57. The van der Waals surface area contributed by atoms with Gasteiger partial charge < -0.3 is 0 Å². The summed E-state index contributed by atoms with van der Waals surface area (Å²) in [6.07, 6.45) is 17.9. The minimum Gasteiger partial charge on any atom is -0.0804 e. The Morgan fingerprint density at radius 2 is 1.58 bits per heavy atom. The summed E-state index contributed by atoms with van der Waals surface area (Å²) in [5.41, 5.74) is 4.56. The monoisotopic (exact) mass is 324 g/mol. The smallest absolute Gasteiger partial charge is 0.0228 e. The molecule has 0 saturated heterocycles. The molecule has 0 aromatic heterocycles. The van der Waals surface area contributed by atoms with Crippen molar-refractivity contribution < 1.29 is 0 Å². The lowest BCUT2D eigenvalue weighted by Gasteiger charge is -2.35. The van der Waals surface area contributed by atoms with Crippen molar-refractivity contribution in [3.05, 3.63) is 41.5 Å². The van der Waals surface area contributed by atoms with E-state index in [4.69, 9.17) is 0 Å². The van der Waals surface area contributed by atoms with Crippen LogP contribution < -0.4 is 0 Å². The molecule has 0 radical (unpaired) electrons. The van der Waals surface area contributed by atoms with Gasteiger partial charge in [-0.15, -0.1) is 0 Å². The molecule has 0 aliphatic heterocycles. The minimum absolute atomic E-state index is 0.968. The maximum absolute atomic E-state index is 2.57. The summed E-state index contributed by atoms with van der Waals surface area (Å²) in [5.74, 6) is 3.03. The molecule has 0 bridgehead atoms. The molecule has 0 N–H and O–H groups in total. The first-order valence-electron chi connectivity index (χ1n) is 10.6. The van der Waals surface area contributed by atoms with Gasteiger partial charge in [-0.25, -0.2) is 0 Å². The Bertz CT molecular complexity index is 513. The van der Waals surface area contributed by atoms with Gasteiger partial charge >= 0.3 is 0 Å². The van der Waals surface area contributed by atoms with E-state index in [9.17, 15) is 0 Å². The molecular weight excluding hydrogens is 288 g/mol. The van der Waals surface area contributed by atoms with E-state index in [0.717, 1.165) is 17.8 Å². The normalized spacial score (nSPS) is 27.8. The third kappa shape index (κ3) is 4.52. The van der Waals surface area contributed by atoms with Crippen LogP contribution in [0.2, 0.25) is 0 Å². The number of rotatable bonds is 6. The van der Waals surface area contributed by atoms with E-state index < -0.39 is 0 Å². The third-order valence-electron chi connectivity index (χ3n) is 6.57. The number of hydrogen-bond acceptors (Lipinski definition) is 0. The quantitative estimate of drug-likeness (QED) is 0.510. The molecule has 132 valence electrons. The average molecular weight is 325 g/mol. The average Bonchev–Trinajstić information content (AvgIpc) is 2.64. The zero-order valence-corrected chi connectivity index (χ0v) is 15.9. The highest BCUT2D eigenvalue weighted by molar-refractivity contribution is 5.66. The van der Waals surface area contributed by atoms with Gasteiger partial charge in [0, 0.05) is 0 Å². The molecular formula is C24H36. The van der Waals surface area contributed by atoms with E-state index in [-0.39, 0.29) is 0 Å². The van der Waals surface area contributed by atoms with Crippen LogP contribution in [0.4, 0.5) is 0 Å². The molecule has 0 amide bonds. The highest BCUT2D eigenvalue weighted by atomic mass is 14.3. The summed E-state index contributed by atoms with van der Waals surface area (Å²) in [5, 5.41) is 0. The first-order chi connectivity index (χ1) is 11.8. The fourth-order valence-electron chi connectivity index (χ4n) is 5.08. The Balaban J connectivity index is 1.52. The van der Waals surface area contributed by atoms with E-state index in [1.165, 1.54) is 81.8 Å². The van der Waals surface area contributed by atoms with Crippen LogP contribution in [0.25, 0.3) is 5.57 Å². The predicted octanol–water partition coefficient (Wildman–Crippen LogP) is 7.43. The van der Waals surface area contributed by atoms with Crippen LogP contribution in [0.3, 0.4) is 0 Å². The number of benzene rings is 1. The zero-order chi connectivity index (χ0) is 16.8. The van der Waals surface area contributed by atoms with Crippen LogP contribution in [0.5, 0.6) is 0 Å². The van der Waals surface area contributed by atoms with Crippen molar-refractivity contribution in [1.82, 2.24) is 0 Å². The first-order valence-corrected chi connectivity index (χ1v) is 10.6. The fourth-order valence-corrected chi connectivity index (χ4v) is 5.08. The van der Waals surface area contributed by atoms with E-state index in [1.54, 1.807) is 5.57 Å². The van der Waals surface area contributed by atoms with Gasteiger partial charge in [-0.1, -0.05) is 76.3 Å². The van der Waals surface area contributed by atoms with E-state index in [0.29, 0.717) is 0 Å². The Labute approximate surface area is 149 Å². The Kier molecular flexibility index (Phi) is 6.58. The zero-order valence-electron chi connectivity index (χ0n) is 15.9. The fraction of sp³-hybridized carbons (Fsp3) is 0.667. The molecule has 1 atom stereocenters. The highest BCUT2D eigenvalue weighted by Gasteiger charge is 2.28. The molecule has 3 rings (SSSR count). The van der Waals surface area contributed by atoms with Crippen LogP contribution in [0.15, 0.2) is 30.3 Å². The maximum Gasteiger partial charge on any atom is -0.0228 e. The third-order valence-corrected chi connectivity index (χ3v) is 6.57. The van der Waals surface area contributed by atoms with Crippen LogP contribution in [0.1, 0.15) is 89.2 Å². The number of allylic oxidation sites excluding steroid dienone is 2. The van der Waals surface area contributed by atoms with Gasteiger partial charge in [-0.2, -0.15) is 0 Å². The van der Waals surface area contributed by atoms with Crippen molar-refractivity contribution in [1.29, 1.82) is 0 Å². The molecule has 1 aromatic carbocycles. The van der Waals surface area contributed by atoms with E-state index >= 15 is 0 Å². The molecule has 24 heavy (non-hydrogen) atoms. The van der Waals surface area contributed by atoms with Crippen molar-refractivity contribution in [3.63, 3.8) is 0 Å². The van der Waals surface area contributed by atoms with Crippen LogP contribution in [-0.4, -0.2) is 0 Å². The molecule has 2 aliphatic carbocycles. The van der Waals surface area contributed by atoms with Crippen molar-refractivity contribution >= 4 is 5.57 Å². The lowest BCUT2D eigenvalue weighted by molar-refractivity contribution is 0.189. The van der Waals surface area contributed by atoms with Gasteiger partial charge in [-0.05, 0) is 73.0 Å². The SMILES string of the molecule is CCCc1ccc(C2=CCC(C3CCC(CCC)CC3)CC2)cc1. The number of hydrogen-bond donors (Lipinski definition) is 0. The van der Waals surface area contributed by atoms with Crippen molar-refractivity contribution in [2.45, 2.75) is 84.5 Å². The van der Waals surface area contributed by atoms with Crippen LogP contribution in [0, 0.1) is 17.8 Å². The summed E-state index contributed by atoms with van der Waals surface area (Å²) < 4.78 is 0. The molecule has 0 heterocycles. The lowest BCUT2D eigenvalue weighted by atomic mass is 9.70. The van der Waals surface area contributed by atoms with Crippen molar-refractivity contribution in [3.8, 4) is 0 Å². The predicted molar refractivity (Wildman–Crippen MR) is 106 cm³/mol. The largest absolute Gasteiger partial charge is 0.0804 e. The van der Waals surface area contributed by atoms with Crippen molar-refractivity contribution in [2.75, 3.05) is 0 Å². The molecule has 0 heteroatoms. The Morgan fingerprint density at radius 3 is 2.17 bits per heavy atom. The molecule has 0 nitrogen and oxygen atoms in total. The second-order valence-corrected chi connectivity index (χ2v) is 8.28. The van der Waals surface area contributed by atoms with Crippen LogP contribution >= 0.6 is 0 Å². The summed E-state index contributed by atoms with van der Waals surface area (Å²) in [7, 11) is 0. The lowest BCUT2D eigenvalue weighted by Crippen LogP contribution is -2.23. The standard InChI is InChI=1S/C24H36/c1-3-5-19-7-11-21(12-8-19)23-15-17-24(18-16-23)22-13-9-20(6-4-2)10-14-22/h7-8,11-12,15,20,22,24H,3-6,9-10,13-14,16-18H2,1-2H3. The van der Waals surface area contributed by atoms with Gasteiger partial charge in [0.05, 0.1) is 0 Å². The Morgan fingerprint density at radius 1 is 0.833 bits per heavy atom. The van der Waals surface area contributed by atoms with Gasteiger partial charge in [0.25, 0.3) is 0 Å². The van der Waals surface area contributed by atoms with Crippen LogP contribution in [-0.2, 0) is 6.42 Å². The van der Waals surface area contributed by atoms with Gasteiger partial charge in [0.1, 0.15) is 0 Å². The molecule has 0 spiro atoms.